The molecule has 2 atom stereocenters. The number of benzene rings is 1. The zero-order chi connectivity index (χ0) is 14.9. The smallest absolute Gasteiger partial charge is 0.240 e. The van der Waals surface area contributed by atoms with Crippen molar-refractivity contribution in [3.63, 3.8) is 0 Å². The average Bonchev–Trinajstić information content (AvgIpc) is 2.43. The van der Waals surface area contributed by atoms with Crippen LogP contribution in [0.5, 0.6) is 0 Å². The van der Waals surface area contributed by atoms with Crippen LogP contribution < -0.4 is 5.73 Å². The summed E-state index contributed by atoms with van der Waals surface area (Å²) in [5, 5.41) is 1.29. The maximum Gasteiger partial charge on any atom is 0.240 e. The molecule has 0 radical (unpaired) electrons. The van der Waals surface area contributed by atoms with Crippen LogP contribution in [0.25, 0.3) is 0 Å². The minimum Gasteiger partial charge on any atom is -0.337 e. The van der Waals surface area contributed by atoms with E-state index in [9.17, 15) is 4.79 Å². The minimum absolute atomic E-state index is 0.0149. The van der Waals surface area contributed by atoms with Gasteiger partial charge < -0.3 is 10.6 Å². The Bertz CT molecular complexity index is 519. The van der Waals surface area contributed by atoms with E-state index in [1.165, 1.54) is 0 Å². The molecule has 1 aliphatic heterocycles. The van der Waals surface area contributed by atoms with Gasteiger partial charge >= 0.3 is 0 Å². The van der Waals surface area contributed by atoms with Crippen molar-refractivity contribution in [3.8, 4) is 0 Å². The van der Waals surface area contributed by atoms with Crippen molar-refractivity contribution in [2.75, 3.05) is 6.54 Å². The molecule has 0 aliphatic carbocycles. The lowest BCUT2D eigenvalue weighted by atomic mass is 9.95. The first-order valence-corrected chi connectivity index (χ1v) is 7.70. The fourth-order valence-corrected chi connectivity index (χ4v) is 3.14. The molecule has 110 valence electrons. The zero-order valence-electron chi connectivity index (χ0n) is 11.8. The van der Waals surface area contributed by atoms with Gasteiger partial charge in [0.15, 0.2) is 0 Å². The highest BCUT2D eigenvalue weighted by molar-refractivity contribution is 6.35. The topological polar surface area (TPSA) is 46.3 Å². The number of hydrogen-bond acceptors (Lipinski definition) is 2. The average molecular weight is 315 g/mol. The molecule has 2 rings (SSSR count). The number of hydrogen-bond donors (Lipinski definition) is 1. The molecule has 0 fully saturated rings. The maximum atomic E-state index is 12.4. The standard InChI is InChI=1S/C15H20Cl2N2O/c1-3-9(2)14(18)15(20)19-5-4-12-10(8-19)6-11(16)7-13(12)17/h6-7,9,14H,3-5,8,18H2,1-2H3. The van der Waals surface area contributed by atoms with Gasteiger partial charge in [-0.05, 0) is 35.6 Å². The summed E-state index contributed by atoms with van der Waals surface area (Å²) in [5.41, 5.74) is 8.16. The Morgan fingerprint density at radius 2 is 2.15 bits per heavy atom. The molecular formula is C15H20Cl2N2O. The van der Waals surface area contributed by atoms with Crippen molar-refractivity contribution >= 4 is 29.1 Å². The van der Waals surface area contributed by atoms with Gasteiger partial charge in [-0.15, -0.1) is 0 Å². The molecule has 1 aromatic carbocycles. The Labute approximate surface area is 130 Å². The number of carbonyl (C=O) groups is 1. The molecule has 1 aliphatic rings. The number of fused-ring (bicyclic) bond motifs is 1. The third-order valence-corrected chi connectivity index (χ3v) is 4.65. The second-order valence-electron chi connectivity index (χ2n) is 5.45. The van der Waals surface area contributed by atoms with Crippen molar-refractivity contribution in [2.45, 2.75) is 39.3 Å². The predicted octanol–water partition coefficient (Wildman–Crippen LogP) is 3.25. The van der Waals surface area contributed by atoms with Crippen LogP contribution in [0.3, 0.4) is 0 Å². The SMILES string of the molecule is CCC(C)C(N)C(=O)N1CCc2c(Cl)cc(Cl)cc2C1. The van der Waals surface area contributed by atoms with Crippen molar-refractivity contribution in [1.29, 1.82) is 0 Å². The molecule has 5 heteroatoms. The van der Waals surface area contributed by atoms with E-state index in [-0.39, 0.29) is 11.8 Å². The zero-order valence-corrected chi connectivity index (χ0v) is 13.3. The van der Waals surface area contributed by atoms with Gasteiger partial charge in [-0.3, -0.25) is 4.79 Å². The van der Waals surface area contributed by atoms with Crippen LogP contribution in [0.1, 0.15) is 31.4 Å². The lowest BCUT2D eigenvalue weighted by Gasteiger charge is -2.32. The lowest BCUT2D eigenvalue weighted by molar-refractivity contribution is -0.134. The predicted molar refractivity (Wildman–Crippen MR) is 83.0 cm³/mol. The first-order valence-electron chi connectivity index (χ1n) is 6.95. The molecule has 0 aromatic heterocycles. The van der Waals surface area contributed by atoms with Crippen LogP contribution >= 0.6 is 23.2 Å². The van der Waals surface area contributed by atoms with E-state index in [1.54, 1.807) is 6.07 Å². The van der Waals surface area contributed by atoms with Crippen LogP contribution in [0.4, 0.5) is 0 Å². The Kier molecular flexibility index (Phi) is 4.95. The fourth-order valence-electron chi connectivity index (χ4n) is 2.51. The van der Waals surface area contributed by atoms with E-state index >= 15 is 0 Å². The molecule has 2 unspecified atom stereocenters. The molecule has 0 spiro atoms. The number of nitrogens with two attached hydrogens (primary N) is 1. The van der Waals surface area contributed by atoms with E-state index in [1.807, 2.05) is 24.8 Å². The van der Waals surface area contributed by atoms with Crippen molar-refractivity contribution in [3.05, 3.63) is 33.3 Å². The number of carbonyl (C=O) groups excluding carboxylic acids is 1. The lowest BCUT2D eigenvalue weighted by Crippen LogP contribution is -2.48. The Hall–Kier alpha value is -0.770. The minimum atomic E-state index is -0.434. The van der Waals surface area contributed by atoms with Gasteiger partial charge in [0.1, 0.15) is 0 Å². The highest BCUT2D eigenvalue weighted by Crippen LogP contribution is 2.30. The summed E-state index contributed by atoms with van der Waals surface area (Å²) in [5.74, 6) is 0.202. The molecule has 0 saturated carbocycles. The second kappa shape index (κ2) is 6.33. The van der Waals surface area contributed by atoms with Crippen molar-refractivity contribution < 1.29 is 4.79 Å². The highest BCUT2D eigenvalue weighted by Gasteiger charge is 2.28. The van der Waals surface area contributed by atoms with Crippen LogP contribution in [-0.2, 0) is 17.8 Å². The summed E-state index contributed by atoms with van der Waals surface area (Å²) in [6.45, 7) is 5.26. The van der Waals surface area contributed by atoms with Gasteiger partial charge in [-0.25, -0.2) is 0 Å². The summed E-state index contributed by atoms with van der Waals surface area (Å²) in [6, 6.07) is 3.21. The monoisotopic (exact) mass is 314 g/mol. The summed E-state index contributed by atoms with van der Waals surface area (Å²) in [7, 11) is 0. The van der Waals surface area contributed by atoms with E-state index in [2.05, 4.69) is 0 Å². The third kappa shape index (κ3) is 3.11. The summed E-state index contributed by atoms with van der Waals surface area (Å²) >= 11 is 12.2. The summed E-state index contributed by atoms with van der Waals surface area (Å²) in [4.78, 5) is 14.2. The molecule has 2 N–H and O–H groups in total. The number of rotatable bonds is 3. The number of nitrogens with zero attached hydrogens (tertiary/aromatic N) is 1. The van der Waals surface area contributed by atoms with Gasteiger partial charge in [0.2, 0.25) is 5.91 Å². The Balaban J connectivity index is 2.17. The Morgan fingerprint density at radius 3 is 2.80 bits per heavy atom. The maximum absolute atomic E-state index is 12.4. The van der Waals surface area contributed by atoms with Crippen LogP contribution in [0.2, 0.25) is 10.0 Å². The largest absolute Gasteiger partial charge is 0.337 e. The molecule has 1 amide bonds. The van der Waals surface area contributed by atoms with E-state index in [4.69, 9.17) is 28.9 Å². The van der Waals surface area contributed by atoms with Crippen LogP contribution in [0.15, 0.2) is 12.1 Å². The summed E-state index contributed by atoms with van der Waals surface area (Å²) < 4.78 is 0. The van der Waals surface area contributed by atoms with Gasteiger partial charge in [-0.1, -0.05) is 43.5 Å². The number of halogens is 2. The first kappa shape index (κ1) is 15.6. The molecule has 0 saturated heterocycles. The van der Waals surface area contributed by atoms with E-state index in [0.717, 1.165) is 24.0 Å². The van der Waals surface area contributed by atoms with Crippen LogP contribution in [0, 0.1) is 5.92 Å². The van der Waals surface area contributed by atoms with Gasteiger partial charge in [0.25, 0.3) is 0 Å². The van der Waals surface area contributed by atoms with Gasteiger partial charge in [0.05, 0.1) is 6.04 Å². The molecule has 3 nitrogen and oxygen atoms in total. The molecule has 1 heterocycles. The van der Waals surface area contributed by atoms with Gasteiger partial charge in [0, 0.05) is 23.1 Å². The van der Waals surface area contributed by atoms with E-state index < -0.39 is 6.04 Å². The fraction of sp³-hybridized carbons (Fsp3) is 0.533. The quantitative estimate of drug-likeness (QED) is 0.930. The number of amides is 1. The van der Waals surface area contributed by atoms with Crippen molar-refractivity contribution in [1.82, 2.24) is 4.90 Å². The Morgan fingerprint density at radius 1 is 1.45 bits per heavy atom. The molecule has 0 bridgehead atoms. The summed E-state index contributed by atoms with van der Waals surface area (Å²) in [6.07, 6.45) is 1.65. The first-order chi connectivity index (χ1) is 9.43. The van der Waals surface area contributed by atoms with Crippen LogP contribution in [-0.4, -0.2) is 23.4 Å². The highest BCUT2D eigenvalue weighted by atomic mass is 35.5. The molecule has 20 heavy (non-hydrogen) atoms. The molecule has 1 aromatic rings. The van der Waals surface area contributed by atoms with Gasteiger partial charge in [-0.2, -0.15) is 0 Å². The van der Waals surface area contributed by atoms with E-state index in [0.29, 0.717) is 23.1 Å². The van der Waals surface area contributed by atoms with Crippen molar-refractivity contribution in [2.24, 2.45) is 11.7 Å². The second-order valence-corrected chi connectivity index (χ2v) is 6.29. The third-order valence-electron chi connectivity index (χ3n) is 4.10. The molecular weight excluding hydrogens is 295 g/mol. The normalized spacial score (nSPS) is 17.6.